The summed E-state index contributed by atoms with van der Waals surface area (Å²) in [5, 5.41) is 14.1. The summed E-state index contributed by atoms with van der Waals surface area (Å²) in [5.74, 6) is -1.14. The standard InChI is InChI=1S/C13H14F2N2OS/c1-7(2)12-13(19-17-16-12)11(18)5-8-3-4-9(14)6-10(8)15/h3-4,6-7,11,18H,5H2,1-2H3. The second kappa shape index (κ2) is 5.71. The van der Waals surface area contributed by atoms with Crippen molar-refractivity contribution in [3.05, 3.63) is 46.0 Å². The molecule has 1 aromatic heterocycles. The van der Waals surface area contributed by atoms with Crippen molar-refractivity contribution in [3.8, 4) is 0 Å². The maximum atomic E-state index is 13.5. The Balaban J connectivity index is 2.21. The minimum atomic E-state index is -0.877. The number of hydrogen-bond donors (Lipinski definition) is 1. The minimum absolute atomic E-state index is 0.0791. The van der Waals surface area contributed by atoms with E-state index in [1.807, 2.05) is 13.8 Å². The lowest BCUT2D eigenvalue weighted by atomic mass is 10.0. The van der Waals surface area contributed by atoms with Crippen LogP contribution in [0.5, 0.6) is 0 Å². The minimum Gasteiger partial charge on any atom is -0.387 e. The van der Waals surface area contributed by atoms with Crippen LogP contribution in [-0.4, -0.2) is 14.7 Å². The van der Waals surface area contributed by atoms with Gasteiger partial charge in [-0.2, -0.15) is 0 Å². The lowest BCUT2D eigenvalue weighted by Gasteiger charge is -2.12. The van der Waals surface area contributed by atoms with Gasteiger partial charge in [0, 0.05) is 12.5 Å². The van der Waals surface area contributed by atoms with Crippen LogP contribution in [-0.2, 0) is 6.42 Å². The zero-order chi connectivity index (χ0) is 14.0. The highest BCUT2D eigenvalue weighted by Gasteiger charge is 2.20. The van der Waals surface area contributed by atoms with Crippen molar-refractivity contribution >= 4 is 11.5 Å². The first-order valence-corrected chi connectivity index (χ1v) is 6.70. The Bertz CT molecular complexity index is 572. The molecule has 0 fully saturated rings. The van der Waals surface area contributed by atoms with Crippen LogP contribution in [0.15, 0.2) is 18.2 Å². The molecule has 3 nitrogen and oxygen atoms in total. The van der Waals surface area contributed by atoms with Crippen LogP contribution in [0.1, 0.15) is 42.0 Å². The van der Waals surface area contributed by atoms with E-state index in [9.17, 15) is 13.9 Å². The van der Waals surface area contributed by atoms with E-state index in [0.29, 0.717) is 4.88 Å². The van der Waals surface area contributed by atoms with Gasteiger partial charge in [-0.15, -0.1) is 5.10 Å². The average Bonchev–Trinajstić information content (AvgIpc) is 2.82. The molecule has 0 amide bonds. The maximum absolute atomic E-state index is 13.5. The van der Waals surface area contributed by atoms with Crippen molar-refractivity contribution in [2.75, 3.05) is 0 Å². The molecule has 1 heterocycles. The van der Waals surface area contributed by atoms with Gasteiger partial charge in [0.2, 0.25) is 0 Å². The molecule has 0 bridgehead atoms. The number of aromatic nitrogens is 2. The predicted molar refractivity (Wildman–Crippen MR) is 69.0 cm³/mol. The molecule has 6 heteroatoms. The van der Waals surface area contributed by atoms with Gasteiger partial charge < -0.3 is 5.11 Å². The fourth-order valence-electron chi connectivity index (χ4n) is 1.82. The molecule has 0 saturated carbocycles. The van der Waals surface area contributed by atoms with Crippen LogP contribution in [0.3, 0.4) is 0 Å². The van der Waals surface area contributed by atoms with E-state index in [1.165, 1.54) is 12.1 Å². The number of rotatable bonds is 4. The zero-order valence-electron chi connectivity index (χ0n) is 10.6. The number of hydrogen-bond acceptors (Lipinski definition) is 4. The van der Waals surface area contributed by atoms with Gasteiger partial charge in [0.1, 0.15) is 11.6 Å². The molecule has 0 saturated heterocycles. The highest BCUT2D eigenvalue weighted by Crippen LogP contribution is 2.29. The highest BCUT2D eigenvalue weighted by atomic mass is 32.1. The molecule has 0 aliphatic heterocycles. The quantitative estimate of drug-likeness (QED) is 0.937. The Kier molecular flexibility index (Phi) is 4.21. The molecule has 0 aliphatic rings. The summed E-state index contributed by atoms with van der Waals surface area (Å²) in [6.07, 6.45) is -0.798. The summed E-state index contributed by atoms with van der Waals surface area (Å²) in [4.78, 5) is 0.638. The van der Waals surface area contributed by atoms with Gasteiger partial charge in [-0.05, 0) is 29.1 Å². The average molecular weight is 284 g/mol. The largest absolute Gasteiger partial charge is 0.387 e. The van der Waals surface area contributed by atoms with Crippen LogP contribution in [0.25, 0.3) is 0 Å². The second-order valence-corrected chi connectivity index (χ2v) is 5.42. The maximum Gasteiger partial charge on any atom is 0.129 e. The van der Waals surface area contributed by atoms with Crippen LogP contribution in [0.2, 0.25) is 0 Å². The number of aliphatic hydroxyl groups excluding tert-OH is 1. The van der Waals surface area contributed by atoms with E-state index in [1.54, 1.807) is 0 Å². The highest BCUT2D eigenvalue weighted by molar-refractivity contribution is 7.05. The smallest absolute Gasteiger partial charge is 0.129 e. The number of aliphatic hydroxyl groups is 1. The Hall–Kier alpha value is -1.40. The van der Waals surface area contributed by atoms with Crippen molar-refractivity contribution in [3.63, 3.8) is 0 Å². The van der Waals surface area contributed by atoms with Crippen molar-refractivity contribution in [1.82, 2.24) is 9.59 Å². The lowest BCUT2D eigenvalue weighted by molar-refractivity contribution is 0.179. The van der Waals surface area contributed by atoms with E-state index in [0.717, 1.165) is 23.3 Å². The third-order valence-corrected chi connectivity index (χ3v) is 3.66. The van der Waals surface area contributed by atoms with Gasteiger partial charge in [0.05, 0.1) is 16.7 Å². The zero-order valence-corrected chi connectivity index (χ0v) is 11.4. The summed E-state index contributed by atoms with van der Waals surface area (Å²) < 4.78 is 30.2. The van der Waals surface area contributed by atoms with Gasteiger partial charge in [-0.1, -0.05) is 24.4 Å². The molecule has 0 radical (unpaired) electrons. The Morgan fingerprint density at radius 2 is 2.05 bits per heavy atom. The van der Waals surface area contributed by atoms with E-state index in [-0.39, 0.29) is 17.9 Å². The molecule has 0 aliphatic carbocycles. The first-order valence-electron chi connectivity index (χ1n) is 5.93. The number of nitrogens with zero attached hydrogens (tertiary/aromatic N) is 2. The lowest BCUT2D eigenvalue weighted by Crippen LogP contribution is -2.05. The van der Waals surface area contributed by atoms with E-state index in [2.05, 4.69) is 9.59 Å². The first kappa shape index (κ1) is 14.0. The topological polar surface area (TPSA) is 46.0 Å². The third kappa shape index (κ3) is 3.13. The van der Waals surface area contributed by atoms with Gasteiger partial charge in [-0.25, -0.2) is 8.78 Å². The summed E-state index contributed by atoms with van der Waals surface area (Å²) in [6, 6.07) is 3.34. The van der Waals surface area contributed by atoms with E-state index >= 15 is 0 Å². The fourth-order valence-corrected chi connectivity index (χ4v) is 2.62. The first-order chi connectivity index (χ1) is 8.99. The van der Waals surface area contributed by atoms with E-state index < -0.39 is 17.7 Å². The van der Waals surface area contributed by atoms with Crippen LogP contribution in [0.4, 0.5) is 8.78 Å². The van der Waals surface area contributed by atoms with Gasteiger partial charge in [-0.3, -0.25) is 0 Å². The fraction of sp³-hybridized carbons (Fsp3) is 0.385. The number of halogens is 2. The molecule has 1 atom stereocenters. The van der Waals surface area contributed by atoms with Crippen molar-refractivity contribution in [2.45, 2.75) is 32.3 Å². The molecule has 19 heavy (non-hydrogen) atoms. The van der Waals surface area contributed by atoms with Crippen molar-refractivity contribution < 1.29 is 13.9 Å². The Labute approximate surface area is 114 Å². The second-order valence-electron chi connectivity index (χ2n) is 4.63. The molecular formula is C13H14F2N2OS. The Morgan fingerprint density at radius 3 is 2.68 bits per heavy atom. The summed E-state index contributed by atoms with van der Waals surface area (Å²) in [5.41, 5.74) is 0.997. The monoisotopic (exact) mass is 284 g/mol. The van der Waals surface area contributed by atoms with Crippen LogP contribution in [0, 0.1) is 11.6 Å². The van der Waals surface area contributed by atoms with Crippen LogP contribution < -0.4 is 0 Å². The molecule has 1 N–H and O–H groups in total. The summed E-state index contributed by atoms with van der Waals surface area (Å²) in [6.45, 7) is 3.90. The molecule has 1 unspecified atom stereocenters. The normalized spacial score (nSPS) is 12.9. The molecular weight excluding hydrogens is 270 g/mol. The summed E-state index contributed by atoms with van der Waals surface area (Å²) in [7, 11) is 0. The molecule has 2 rings (SSSR count). The summed E-state index contributed by atoms with van der Waals surface area (Å²) >= 11 is 1.11. The van der Waals surface area contributed by atoms with Crippen molar-refractivity contribution in [2.24, 2.45) is 0 Å². The van der Waals surface area contributed by atoms with E-state index in [4.69, 9.17) is 0 Å². The van der Waals surface area contributed by atoms with Gasteiger partial charge in [0.15, 0.2) is 0 Å². The predicted octanol–water partition coefficient (Wildman–Crippen LogP) is 3.22. The third-order valence-electron chi connectivity index (χ3n) is 2.82. The Morgan fingerprint density at radius 1 is 1.32 bits per heavy atom. The van der Waals surface area contributed by atoms with Crippen LogP contribution >= 0.6 is 11.5 Å². The van der Waals surface area contributed by atoms with Crippen molar-refractivity contribution in [1.29, 1.82) is 0 Å². The molecule has 2 aromatic rings. The molecule has 102 valence electrons. The SMILES string of the molecule is CC(C)c1nnsc1C(O)Cc1ccc(F)cc1F. The molecule has 1 aromatic carbocycles. The number of benzene rings is 1. The molecule has 0 spiro atoms. The van der Waals surface area contributed by atoms with Gasteiger partial charge >= 0.3 is 0 Å². The van der Waals surface area contributed by atoms with Gasteiger partial charge in [0.25, 0.3) is 0 Å².